The average molecular weight is 218 g/mol. The monoisotopic (exact) mass is 217 g/mol. The lowest BCUT2D eigenvalue weighted by atomic mass is 10.2. The van der Waals surface area contributed by atoms with Crippen molar-refractivity contribution in [3.63, 3.8) is 0 Å². The number of halogens is 2. The standard InChI is InChI=1S/C9H9ClFNO2/c1-5-3-6(10)8(4-7(5)11)12-9(13)14-2/h3-4H,1-2H3,(H,12,13). The van der Waals surface area contributed by atoms with Gasteiger partial charge in [0, 0.05) is 0 Å². The summed E-state index contributed by atoms with van der Waals surface area (Å²) in [6, 6.07) is 2.58. The van der Waals surface area contributed by atoms with Crippen LogP contribution in [0.3, 0.4) is 0 Å². The van der Waals surface area contributed by atoms with E-state index in [9.17, 15) is 9.18 Å². The molecule has 0 radical (unpaired) electrons. The molecule has 0 atom stereocenters. The first-order valence-corrected chi connectivity index (χ1v) is 4.23. The maximum Gasteiger partial charge on any atom is 0.411 e. The molecule has 1 N–H and O–H groups in total. The molecule has 14 heavy (non-hydrogen) atoms. The third kappa shape index (κ3) is 2.35. The first-order valence-electron chi connectivity index (χ1n) is 3.85. The number of hydrogen-bond acceptors (Lipinski definition) is 2. The van der Waals surface area contributed by atoms with Gasteiger partial charge in [0.25, 0.3) is 0 Å². The Hall–Kier alpha value is -1.29. The second-order valence-electron chi connectivity index (χ2n) is 2.70. The molecule has 1 aromatic carbocycles. The summed E-state index contributed by atoms with van der Waals surface area (Å²) in [5.41, 5.74) is 0.618. The highest BCUT2D eigenvalue weighted by molar-refractivity contribution is 6.33. The molecule has 76 valence electrons. The molecule has 0 saturated heterocycles. The van der Waals surface area contributed by atoms with Crippen molar-refractivity contribution in [1.29, 1.82) is 0 Å². The molecule has 0 fully saturated rings. The van der Waals surface area contributed by atoms with E-state index in [4.69, 9.17) is 11.6 Å². The van der Waals surface area contributed by atoms with Gasteiger partial charge in [0.05, 0.1) is 17.8 Å². The summed E-state index contributed by atoms with van der Waals surface area (Å²) in [6.45, 7) is 1.59. The van der Waals surface area contributed by atoms with Gasteiger partial charge in [-0.05, 0) is 24.6 Å². The lowest BCUT2D eigenvalue weighted by Crippen LogP contribution is -2.11. The Kier molecular flexibility index (Phi) is 3.30. The molecular weight excluding hydrogens is 209 g/mol. The van der Waals surface area contributed by atoms with Gasteiger partial charge in [-0.25, -0.2) is 9.18 Å². The second-order valence-corrected chi connectivity index (χ2v) is 3.11. The summed E-state index contributed by atoms with van der Waals surface area (Å²) in [4.78, 5) is 10.8. The molecule has 0 bridgehead atoms. The Labute approximate surface area is 85.8 Å². The van der Waals surface area contributed by atoms with E-state index in [1.165, 1.54) is 13.2 Å². The molecule has 1 aromatic rings. The second kappa shape index (κ2) is 4.28. The van der Waals surface area contributed by atoms with Crippen molar-refractivity contribution in [2.24, 2.45) is 0 Å². The normalized spacial score (nSPS) is 9.71. The van der Waals surface area contributed by atoms with Crippen LogP contribution in [-0.2, 0) is 4.74 Å². The number of carbonyl (C=O) groups is 1. The molecule has 0 aliphatic rings. The van der Waals surface area contributed by atoms with Crippen molar-refractivity contribution in [2.75, 3.05) is 12.4 Å². The van der Waals surface area contributed by atoms with Gasteiger partial charge in [-0.15, -0.1) is 0 Å². The number of nitrogens with one attached hydrogen (secondary N) is 1. The summed E-state index contributed by atoms with van der Waals surface area (Å²) in [5.74, 6) is -0.430. The quantitative estimate of drug-likeness (QED) is 0.786. The molecule has 0 spiro atoms. The van der Waals surface area contributed by atoms with Crippen molar-refractivity contribution < 1.29 is 13.9 Å². The number of ether oxygens (including phenoxy) is 1. The Morgan fingerprint density at radius 1 is 1.57 bits per heavy atom. The Morgan fingerprint density at radius 2 is 2.21 bits per heavy atom. The number of anilines is 1. The van der Waals surface area contributed by atoms with Gasteiger partial charge < -0.3 is 4.74 Å². The van der Waals surface area contributed by atoms with Crippen LogP contribution in [0.15, 0.2) is 12.1 Å². The highest BCUT2D eigenvalue weighted by Crippen LogP contribution is 2.25. The molecule has 0 unspecified atom stereocenters. The van der Waals surface area contributed by atoms with Crippen LogP contribution in [0.5, 0.6) is 0 Å². The molecule has 1 rings (SSSR count). The molecular formula is C9H9ClFNO2. The number of amides is 1. The van der Waals surface area contributed by atoms with Crippen molar-refractivity contribution in [3.8, 4) is 0 Å². The molecule has 0 aromatic heterocycles. The van der Waals surface area contributed by atoms with Crippen LogP contribution in [-0.4, -0.2) is 13.2 Å². The van der Waals surface area contributed by atoms with E-state index < -0.39 is 11.9 Å². The molecule has 0 aliphatic carbocycles. The van der Waals surface area contributed by atoms with Gasteiger partial charge in [0.15, 0.2) is 0 Å². The number of aryl methyl sites for hydroxylation is 1. The van der Waals surface area contributed by atoms with E-state index in [0.29, 0.717) is 5.56 Å². The fourth-order valence-corrected chi connectivity index (χ4v) is 1.17. The van der Waals surface area contributed by atoms with E-state index in [0.717, 1.165) is 6.07 Å². The first kappa shape index (κ1) is 10.8. The SMILES string of the molecule is COC(=O)Nc1cc(F)c(C)cc1Cl. The van der Waals surface area contributed by atoms with Gasteiger partial charge in [0.1, 0.15) is 5.82 Å². The van der Waals surface area contributed by atoms with Crippen LogP contribution in [0.25, 0.3) is 0 Å². The minimum absolute atomic E-state index is 0.196. The van der Waals surface area contributed by atoms with Crippen molar-refractivity contribution in [2.45, 2.75) is 6.92 Å². The van der Waals surface area contributed by atoms with E-state index in [2.05, 4.69) is 10.1 Å². The third-order valence-corrected chi connectivity index (χ3v) is 1.98. The zero-order chi connectivity index (χ0) is 10.7. The third-order valence-electron chi connectivity index (χ3n) is 1.67. The minimum Gasteiger partial charge on any atom is -0.453 e. The molecule has 3 nitrogen and oxygen atoms in total. The van der Waals surface area contributed by atoms with Crippen molar-refractivity contribution in [3.05, 3.63) is 28.5 Å². The van der Waals surface area contributed by atoms with Crippen LogP contribution < -0.4 is 5.32 Å². The predicted octanol–water partition coefficient (Wildman–Crippen LogP) is 2.97. The predicted molar refractivity (Wildman–Crippen MR) is 52.2 cm³/mol. The number of rotatable bonds is 1. The smallest absolute Gasteiger partial charge is 0.411 e. The zero-order valence-electron chi connectivity index (χ0n) is 7.73. The zero-order valence-corrected chi connectivity index (χ0v) is 8.48. The van der Waals surface area contributed by atoms with Crippen molar-refractivity contribution in [1.82, 2.24) is 0 Å². The Balaban J connectivity index is 2.98. The maximum absolute atomic E-state index is 13.1. The summed E-state index contributed by atoms with van der Waals surface area (Å²) in [6.07, 6.45) is -0.685. The summed E-state index contributed by atoms with van der Waals surface area (Å²) in [7, 11) is 1.22. The minimum atomic E-state index is -0.685. The maximum atomic E-state index is 13.1. The van der Waals surface area contributed by atoms with Gasteiger partial charge >= 0.3 is 6.09 Å². The highest BCUT2D eigenvalue weighted by Gasteiger charge is 2.08. The van der Waals surface area contributed by atoms with Crippen LogP contribution >= 0.6 is 11.6 Å². The lowest BCUT2D eigenvalue weighted by Gasteiger charge is -2.07. The molecule has 0 heterocycles. The van der Waals surface area contributed by atoms with Crippen molar-refractivity contribution >= 4 is 23.4 Å². The highest BCUT2D eigenvalue weighted by atomic mass is 35.5. The van der Waals surface area contributed by atoms with E-state index >= 15 is 0 Å². The van der Waals surface area contributed by atoms with Crippen LogP contribution in [0, 0.1) is 12.7 Å². The fourth-order valence-electron chi connectivity index (χ4n) is 0.903. The average Bonchev–Trinajstić information content (AvgIpc) is 2.14. The molecule has 0 aliphatic heterocycles. The fraction of sp³-hybridized carbons (Fsp3) is 0.222. The largest absolute Gasteiger partial charge is 0.453 e. The van der Waals surface area contributed by atoms with Crippen LogP contribution in [0.4, 0.5) is 14.9 Å². The summed E-state index contributed by atoms with van der Waals surface area (Å²) < 4.78 is 17.4. The van der Waals surface area contributed by atoms with E-state index in [1.807, 2.05) is 0 Å². The van der Waals surface area contributed by atoms with Gasteiger partial charge in [-0.1, -0.05) is 11.6 Å². The Bertz CT molecular complexity index is 368. The van der Waals surface area contributed by atoms with Gasteiger partial charge in [-0.2, -0.15) is 0 Å². The summed E-state index contributed by atoms with van der Waals surface area (Å²) in [5, 5.41) is 2.57. The molecule has 0 saturated carbocycles. The lowest BCUT2D eigenvalue weighted by molar-refractivity contribution is 0.187. The number of hydrogen-bond donors (Lipinski definition) is 1. The Morgan fingerprint density at radius 3 is 2.79 bits per heavy atom. The first-order chi connectivity index (χ1) is 6.54. The van der Waals surface area contributed by atoms with Gasteiger partial charge in [-0.3, -0.25) is 5.32 Å². The van der Waals surface area contributed by atoms with E-state index in [-0.39, 0.29) is 10.7 Å². The topological polar surface area (TPSA) is 38.3 Å². The number of methoxy groups -OCH3 is 1. The summed E-state index contributed by atoms with van der Waals surface area (Å²) >= 11 is 5.77. The molecule has 5 heteroatoms. The van der Waals surface area contributed by atoms with Crippen LogP contribution in [0.2, 0.25) is 5.02 Å². The number of carbonyl (C=O) groups excluding carboxylic acids is 1. The number of benzene rings is 1. The van der Waals surface area contributed by atoms with E-state index in [1.54, 1.807) is 6.92 Å². The van der Waals surface area contributed by atoms with Crippen LogP contribution in [0.1, 0.15) is 5.56 Å². The van der Waals surface area contributed by atoms with Gasteiger partial charge in [0.2, 0.25) is 0 Å². The molecule has 1 amide bonds.